The van der Waals surface area contributed by atoms with Gasteiger partial charge in [-0.1, -0.05) is 35.9 Å². The van der Waals surface area contributed by atoms with E-state index in [4.69, 9.17) is 9.47 Å². The summed E-state index contributed by atoms with van der Waals surface area (Å²) in [4.78, 5) is 29.4. The monoisotopic (exact) mass is 406 g/mol. The third kappa shape index (κ3) is 3.74. The highest BCUT2D eigenvalue weighted by molar-refractivity contribution is 5.84. The minimum Gasteiger partial charge on any atom is -0.454 e. The van der Waals surface area contributed by atoms with Crippen LogP contribution in [-0.4, -0.2) is 54.6 Å². The van der Waals surface area contributed by atoms with Crippen molar-refractivity contribution in [3.8, 4) is 11.5 Å². The summed E-state index contributed by atoms with van der Waals surface area (Å²) in [5.74, 6) is 2.19. The second-order valence-electron chi connectivity index (χ2n) is 8.43. The summed E-state index contributed by atoms with van der Waals surface area (Å²) in [6.45, 7) is 4.74. The van der Waals surface area contributed by atoms with Gasteiger partial charge in [0.1, 0.15) is 0 Å². The number of benzene rings is 2. The van der Waals surface area contributed by atoms with Gasteiger partial charge in [0.05, 0.1) is 6.42 Å². The smallest absolute Gasteiger partial charge is 0.231 e. The predicted molar refractivity (Wildman–Crippen MR) is 111 cm³/mol. The molecule has 2 fully saturated rings. The van der Waals surface area contributed by atoms with Gasteiger partial charge in [-0.25, -0.2) is 0 Å². The van der Waals surface area contributed by atoms with Crippen LogP contribution in [0, 0.1) is 12.8 Å². The fourth-order valence-corrected chi connectivity index (χ4v) is 4.50. The average Bonchev–Trinajstić information content (AvgIpc) is 3.42. The number of amides is 2. The number of carbonyl (C=O) groups is 2. The zero-order valence-electron chi connectivity index (χ0n) is 17.2. The third-order valence-corrected chi connectivity index (χ3v) is 6.31. The lowest BCUT2D eigenvalue weighted by Crippen LogP contribution is -2.51. The Hall–Kier alpha value is -3.02. The Bertz CT molecular complexity index is 981. The normalized spacial score (nSPS) is 22.2. The van der Waals surface area contributed by atoms with Crippen LogP contribution in [0.5, 0.6) is 11.5 Å². The van der Waals surface area contributed by atoms with Gasteiger partial charge in [0, 0.05) is 32.1 Å². The molecule has 1 saturated carbocycles. The van der Waals surface area contributed by atoms with Gasteiger partial charge in [-0.15, -0.1) is 0 Å². The number of rotatable bonds is 4. The predicted octanol–water partition coefficient (Wildman–Crippen LogP) is 2.74. The van der Waals surface area contributed by atoms with E-state index in [1.54, 1.807) is 0 Å². The maximum atomic E-state index is 12.9. The van der Waals surface area contributed by atoms with Gasteiger partial charge in [0.15, 0.2) is 11.5 Å². The molecule has 2 atom stereocenters. The molecule has 0 bridgehead atoms. The van der Waals surface area contributed by atoms with E-state index in [9.17, 15) is 9.59 Å². The van der Waals surface area contributed by atoms with Gasteiger partial charge in [-0.2, -0.15) is 0 Å². The Morgan fingerprint density at radius 1 is 0.967 bits per heavy atom. The first kappa shape index (κ1) is 19.0. The lowest BCUT2D eigenvalue weighted by molar-refractivity contribution is -0.140. The molecule has 5 rings (SSSR count). The number of ether oxygens (including phenoxy) is 2. The molecule has 6 heteroatoms. The number of piperazine rings is 1. The van der Waals surface area contributed by atoms with Crippen LogP contribution in [0.1, 0.15) is 29.0 Å². The van der Waals surface area contributed by atoms with E-state index in [0.717, 1.165) is 34.6 Å². The quantitative estimate of drug-likeness (QED) is 0.784. The fraction of sp³-hybridized carbons (Fsp3) is 0.417. The summed E-state index contributed by atoms with van der Waals surface area (Å²) >= 11 is 0. The van der Waals surface area contributed by atoms with Crippen LogP contribution in [0.15, 0.2) is 42.5 Å². The van der Waals surface area contributed by atoms with Crippen LogP contribution in [0.3, 0.4) is 0 Å². The summed E-state index contributed by atoms with van der Waals surface area (Å²) in [5, 5.41) is 0. The van der Waals surface area contributed by atoms with E-state index in [1.165, 1.54) is 0 Å². The number of hydrogen-bond acceptors (Lipinski definition) is 4. The van der Waals surface area contributed by atoms with Crippen LogP contribution in [0.4, 0.5) is 0 Å². The topological polar surface area (TPSA) is 59.1 Å². The van der Waals surface area contributed by atoms with Crippen molar-refractivity contribution in [2.75, 3.05) is 33.0 Å². The molecule has 2 aliphatic heterocycles. The van der Waals surface area contributed by atoms with Crippen molar-refractivity contribution in [3.63, 3.8) is 0 Å². The molecule has 1 saturated heterocycles. The van der Waals surface area contributed by atoms with Crippen molar-refractivity contribution in [3.05, 3.63) is 59.2 Å². The molecule has 2 amide bonds. The lowest BCUT2D eigenvalue weighted by Gasteiger charge is -2.35. The molecular weight excluding hydrogens is 380 g/mol. The van der Waals surface area contributed by atoms with Gasteiger partial charge in [0.2, 0.25) is 18.6 Å². The SMILES string of the molecule is Cc1cccc(CC(=O)N2CCN(C(=O)C3CC3c3ccc4c(c3)OCO4)CC2)c1. The number of fused-ring (bicyclic) bond motifs is 1. The highest BCUT2D eigenvalue weighted by atomic mass is 16.7. The average molecular weight is 406 g/mol. The third-order valence-electron chi connectivity index (χ3n) is 6.31. The van der Waals surface area contributed by atoms with Gasteiger partial charge in [0.25, 0.3) is 0 Å². The van der Waals surface area contributed by atoms with E-state index in [2.05, 4.69) is 6.07 Å². The molecule has 2 heterocycles. The molecular formula is C24H26N2O4. The second-order valence-corrected chi connectivity index (χ2v) is 8.43. The molecule has 0 radical (unpaired) electrons. The summed E-state index contributed by atoms with van der Waals surface area (Å²) < 4.78 is 10.8. The van der Waals surface area contributed by atoms with Crippen LogP contribution < -0.4 is 9.47 Å². The Labute approximate surface area is 176 Å². The highest BCUT2D eigenvalue weighted by Gasteiger charge is 2.46. The largest absolute Gasteiger partial charge is 0.454 e. The van der Waals surface area contributed by atoms with E-state index in [0.29, 0.717) is 32.6 Å². The van der Waals surface area contributed by atoms with E-state index >= 15 is 0 Å². The second kappa shape index (κ2) is 7.67. The van der Waals surface area contributed by atoms with Gasteiger partial charge < -0.3 is 19.3 Å². The maximum Gasteiger partial charge on any atom is 0.231 e. The minimum absolute atomic E-state index is 0.0416. The van der Waals surface area contributed by atoms with Gasteiger partial charge >= 0.3 is 0 Å². The first-order valence-corrected chi connectivity index (χ1v) is 10.6. The zero-order valence-corrected chi connectivity index (χ0v) is 17.2. The molecule has 0 aromatic heterocycles. The Balaban J connectivity index is 1.13. The van der Waals surface area contributed by atoms with Crippen molar-refractivity contribution in [1.82, 2.24) is 9.80 Å². The Morgan fingerprint density at radius 2 is 1.73 bits per heavy atom. The Kier molecular flexibility index (Phi) is 4.85. The molecule has 2 aromatic rings. The van der Waals surface area contributed by atoms with E-state index < -0.39 is 0 Å². The fourth-order valence-electron chi connectivity index (χ4n) is 4.50. The molecule has 0 spiro atoms. The standard InChI is InChI=1S/C24H26N2O4/c1-16-3-2-4-17(11-16)12-23(27)25-7-9-26(10-8-25)24(28)20-14-19(20)18-5-6-21-22(13-18)30-15-29-21/h2-6,11,13,19-20H,7-10,12,14-15H2,1H3. The molecule has 30 heavy (non-hydrogen) atoms. The first-order valence-electron chi connectivity index (χ1n) is 10.6. The van der Waals surface area contributed by atoms with Crippen LogP contribution in [0.2, 0.25) is 0 Å². The molecule has 156 valence electrons. The summed E-state index contributed by atoms with van der Waals surface area (Å²) in [7, 11) is 0. The van der Waals surface area contributed by atoms with Crippen molar-refractivity contribution < 1.29 is 19.1 Å². The molecule has 2 unspecified atom stereocenters. The molecule has 6 nitrogen and oxygen atoms in total. The molecule has 2 aromatic carbocycles. The summed E-state index contributed by atoms with van der Waals surface area (Å²) in [6.07, 6.45) is 1.30. The molecule has 1 aliphatic carbocycles. The van der Waals surface area contributed by atoms with Crippen LogP contribution >= 0.6 is 0 Å². The minimum atomic E-state index is 0.0416. The number of aryl methyl sites for hydroxylation is 1. The number of nitrogens with zero attached hydrogens (tertiary/aromatic N) is 2. The summed E-state index contributed by atoms with van der Waals surface area (Å²) in [5.41, 5.74) is 3.35. The van der Waals surface area contributed by atoms with Crippen molar-refractivity contribution in [2.24, 2.45) is 5.92 Å². The summed E-state index contributed by atoms with van der Waals surface area (Å²) in [6, 6.07) is 14.0. The van der Waals surface area contributed by atoms with Crippen LogP contribution in [-0.2, 0) is 16.0 Å². The molecule has 3 aliphatic rings. The van der Waals surface area contributed by atoms with E-state index in [-0.39, 0.29) is 30.4 Å². The van der Waals surface area contributed by atoms with Gasteiger partial charge in [-0.05, 0) is 42.5 Å². The number of hydrogen-bond donors (Lipinski definition) is 0. The Morgan fingerprint density at radius 3 is 2.53 bits per heavy atom. The first-order chi connectivity index (χ1) is 14.6. The zero-order chi connectivity index (χ0) is 20.7. The van der Waals surface area contributed by atoms with Crippen molar-refractivity contribution >= 4 is 11.8 Å². The highest BCUT2D eigenvalue weighted by Crippen LogP contribution is 2.50. The van der Waals surface area contributed by atoms with Crippen LogP contribution in [0.25, 0.3) is 0 Å². The molecule has 0 N–H and O–H groups in total. The van der Waals surface area contributed by atoms with Crippen molar-refractivity contribution in [1.29, 1.82) is 0 Å². The van der Waals surface area contributed by atoms with Crippen molar-refractivity contribution in [2.45, 2.75) is 25.7 Å². The lowest BCUT2D eigenvalue weighted by atomic mass is 10.1. The van der Waals surface area contributed by atoms with Gasteiger partial charge in [-0.3, -0.25) is 9.59 Å². The maximum absolute atomic E-state index is 12.9. The van der Waals surface area contributed by atoms with E-state index in [1.807, 2.05) is 53.1 Å². The number of carbonyl (C=O) groups excluding carboxylic acids is 2.